The fourth-order valence-electron chi connectivity index (χ4n) is 3.79. The summed E-state index contributed by atoms with van der Waals surface area (Å²) in [5.74, 6) is 0.276. The predicted octanol–water partition coefficient (Wildman–Crippen LogP) is 2.09. The van der Waals surface area contributed by atoms with Crippen LogP contribution < -0.4 is 10.1 Å². The van der Waals surface area contributed by atoms with Crippen LogP contribution in [0.15, 0.2) is 23.1 Å². The number of ether oxygens (including phenoxy) is 2. The molecule has 0 bridgehead atoms. The van der Waals surface area contributed by atoms with Gasteiger partial charge in [0.2, 0.25) is 15.9 Å². The summed E-state index contributed by atoms with van der Waals surface area (Å²) < 4.78 is 38.6. The van der Waals surface area contributed by atoms with E-state index in [1.54, 1.807) is 18.2 Å². The highest BCUT2D eigenvalue weighted by Crippen LogP contribution is 2.27. The Morgan fingerprint density at radius 1 is 1.32 bits per heavy atom. The average Bonchev–Trinajstić information content (AvgIpc) is 3.21. The molecule has 2 aliphatic heterocycles. The van der Waals surface area contributed by atoms with Gasteiger partial charge in [-0.1, -0.05) is 0 Å². The molecule has 7 nitrogen and oxygen atoms in total. The van der Waals surface area contributed by atoms with Crippen LogP contribution in [0.5, 0.6) is 5.75 Å². The lowest BCUT2D eigenvalue weighted by Gasteiger charge is -2.31. The van der Waals surface area contributed by atoms with Gasteiger partial charge in [-0.05, 0) is 63.3 Å². The van der Waals surface area contributed by atoms with E-state index in [1.807, 2.05) is 13.8 Å². The number of hydrogen-bond acceptors (Lipinski definition) is 5. The largest absolute Gasteiger partial charge is 0.494 e. The Morgan fingerprint density at radius 2 is 2.14 bits per heavy atom. The highest BCUT2D eigenvalue weighted by Gasteiger charge is 2.33. The molecule has 1 aromatic carbocycles. The number of carbonyl (C=O) groups excluding carboxylic acids is 1. The molecule has 2 atom stereocenters. The van der Waals surface area contributed by atoms with E-state index in [4.69, 9.17) is 9.47 Å². The van der Waals surface area contributed by atoms with Crippen molar-refractivity contribution in [2.75, 3.05) is 32.8 Å². The molecule has 2 saturated heterocycles. The van der Waals surface area contributed by atoms with Gasteiger partial charge in [0, 0.05) is 26.2 Å². The molecule has 1 amide bonds. The summed E-state index contributed by atoms with van der Waals surface area (Å²) >= 11 is 0. The van der Waals surface area contributed by atoms with Crippen LogP contribution in [0.1, 0.15) is 38.2 Å². The van der Waals surface area contributed by atoms with Gasteiger partial charge in [-0.2, -0.15) is 4.31 Å². The van der Waals surface area contributed by atoms with Crippen LogP contribution in [0.3, 0.4) is 0 Å². The summed E-state index contributed by atoms with van der Waals surface area (Å²) in [4.78, 5) is 12.8. The smallest absolute Gasteiger partial charge is 0.243 e. The Hall–Kier alpha value is -1.64. The number of nitrogens with one attached hydrogen (secondary N) is 1. The summed E-state index contributed by atoms with van der Waals surface area (Å²) in [6, 6.07) is 4.91. The van der Waals surface area contributed by atoms with Gasteiger partial charge in [-0.25, -0.2) is 8.42 Å². The number of benzene rings is 1. The van der Waals surface area contributed by atoms with Crippen molar-refractivity contribution in [3.05, 3.63) is 23.8 Å². The van der Waals surface area contributed by atoms with Gasteiger partial charge in [-0.3, -0.25) is 4.79 Å². The van der Waals surface area contributed by atoms with Crippen molar-refractivity contribution in [3.63, 3.8) is 0 Å². The van der Waals surface area contributed by atoms with Crippen molar-refractivity contribution in [2.24, 2.45) is 5.92 Å². The first kappa shape index (κ1) is 21.1. The number of amides is 1. The maximum atomic E-state index is 13.1. The summed E-state index contributed by atoms with van der Waals surface area (Å²) in [5.41, 5.74) is 0.783. The van der Waals surface area contributed by atoms with E-state index >= 15 is 0 Å². The van der Waals surface area contributed by atoms with Crippen molar-refractivity contribution < 1.29 is 22.7 Å². The lowest BCUT2D eigenvalue weighted by molar-refractivity contribution is -0.126. The lowest BCUT2D eigenvalue weighted by atomic mass is 9.99. The fourth-order valence-corrected chi connectivity index (χ4v) is 5.40. The first-order valence-electron chi connectivity index (χ1n) is 10.0. The Bertz CT molecular complexity index is 790. The molecule has 1 aromatic rings. The van der Waals surface area contributed by atoms with E-state index in [9.17, 15) is 13.2 Å². The topological polar surface area (TPSA) is 84.9 Å². The molecule has 0 saturated carbocycles. The molecular formula is C20H30N2O5S. The van der Waals surface area contributed by atoms with Crippen molar-refractivity contribution in [1.82, 2.24) is 9.62 Å². The number of carbonyl (C=O) groups is 1. The van der Waals surface area contributed by atoms with Crippen LogP contribution >= 0.6 is 0 Å². The molecule has 28 heavy (non-hydrogen) atoms. The van der Waals surface area contributed by atoms with Crippen molar-refractivity contribution in [3.8, 4) is 5.75 Å². The third-order valence-electron chi connectivity index (χ3n) is 5.37. The number of sulfonamides is 1. The van der Waals surface area contributed by atoms with E-state index in [2.05, 4.69) is 5.32 Å². The standard InChI is InChI=1S/C20H30N2O5S/c1-3-26-19-9-8-18(12-15(19)2)28(24,25)22-10-4-6-16(14-22)20(23)21-13-17-7-5-11-27-17/h8-9,12,16-17H,3-7,10-11,13-14H2,1-2H3,(H,21,23)/t16-,17+/m0/s1. The van der Waals surface area contributed by atoms with Crippen LogP contribution in [0, 0.1) is 12.8 Å². The number of piperidine rings is 1. The predicted molar refractivity (Wildman–Crippen MR) is 106 cm³/mol. The third kappa shape index (κ3) is 4.85. The molecule has 3 rings (SSSR count). The lowest BCUT2D eigenvalue weighted by Crippen LogP contribution is -2.46. The van der Waals surface area contributed by atoms with Gasteiger partial charge in [0.25, 0.3) is 0 Å². The molecule has 2 fully saturated rings. The van der Waals surface area contributed by atoms with Crippen LogP contribution in [0.2, 0.25) is 0 Å². The highest BCUT2D eigenvalue weighted by molar-refractivity contribution is 7.89. The minimum atomic E-state index is -3.64. The monoisotopic (exact) mass is 410 g/mol. The average molecular weight is 411 g/mol. The molecule has 1 N–H and O–H groups in total. The highest BCUT2D eigenvalue weighted by atomic mass is 32.2. The van der Waals surface area contributed by atoms with E-state index in [0.29, 0.717) is 38.3 Å². The molecule has 0 spiro atoms. The van der Waals surface area contributed by atoms with Crippen LogP contribution in [0.4, 0.5) is 0 Å². The van der Waals surface area contributed by atoms with Gasteiger partial charge in [0.05, 0.1) is 23.5 Å². The minimum Gasteiger partial charge on any atom is -0.494 e. The third-order valence-corrected chi connectivity index (χ3v) is 7.23. The van der Waals surface area contributed by atoms with Crippen LogP contribution in [0.25, 0.3) is 0 Å². The minimum absolute atomic E-state index is 0.0826. The Morgan fingerprint density at radius 3 is 2.82 bits per heavy atom. The van der Waals surface area contributed by atoms with Gasteiger partial charge in [0.1, 0.15) is 5.75 Å². The van der Waals surface area contributed by atoms with Crippen molar-refractivity contribution in [2.45, 2.75) is 50.5 Å². The Labute approximate surface area is 167 Å². The molecule has 0 unspecified atom stereocenters. The van der Waals surface area contributed by atoms with Crippen LogP contribution in [-0.4, -0.2) is 57.6 Å². The molecule has 8 heteroatoms. The van der Waals surface area contributed by atoms with Crippen molar-refractivity contribution in [1.29, 1.82) is 0 Å². The molecule has 156 valence electrons. The second-order valence-corrected chi connectivity index (χ2v) is 9.38. The number of nitrogens with zero attached hydrogens (tertiary/aromatic N) is 1. The molecule has 0 radical (unpaired) electrons. The molecular weight excluding hydrogens is 380 g/mol. The van der Waals surface area contributed by atoms with E-state index < -0.39 is 10.0 Å². The molecule has 2 aliphatic rings. The maximum Gasteiger partial charge on any atom is 0.243 e. The first-order valence-corrected chi connectivity index (χ1v) is 11.5. The summed E-state index contributed by atoms with van der Waals surface area (Å²) in [5, 5.41) is 2.93. The second-order valence-electron chi connectivity index (χ2n) is 7.44. The van der Waals surface area contributed by atoms with Crippen molar-refractivity contribution >= 4 is 15.9 Å². The Balaban J connectivity index is 1.65. The number of hydrogen-bond donors (Lipinski definition) is 1. The quantitative estimate of drug-likeness (QED) is 0.744. The summed E-state index contributed by atoms with van der Waals surface area (Å²) in [6.07, 6.45) is 3.44. The molecule has 0 aliphatic carbocycles. The zero-order valence-electron chi connectivity index (χ0n) is 16.6. The molecule has 2 heterocycles. The zero-order chi connectivity index (χ0) is 20.1. The zero-order valence-corrected chi connectivity index (χ0v) is 17.5. The van der Waals surface area contributed by atoms with E-state index in [0.717, 1.165) is 25.0 Å². The van der Waals surface area contributed by atoms with E-state index in [-0.39, 0.29) is 29.4 Å². The van der Waals surface area contributed by atoms with Gasteiger partial charge in [-0.15, -0.1) is 0 Å². The SMILES string of the molecule is CCOc1ccc(S(=O)(=O)N2CCC[C@H](C(=O)NC[C@H]3CCCO3)C2)cc1C. The normalized spacial score (nSPS) is 23.5. The number of rotatable bonds is 7. The van der Waals surface area contributed by atoms with Crippen LogP contribution in [-0.2, 0) is 19.6 Å². The Kier molecular flexibility index (Phi) is 6.95. The van der Waals surface area contributed by atoms with E-state index in [1.165, 1.54) is 4.31 Å². The fraction of sp³-hybridized carbons (Fsp3) is 0.650. The summed E-state index contributed by atoms with van der Waals surface area (Å²) in [7, 11) is -3.64. The van der Waals surface area contributed by atoms with Gasteiger partial charge < -0.3 is 14.8 Å². The molecule has 0 aromatic heterocycles. The maximum absolute atomic E-state index is 13.1. The number of aryl methyl sites for hydroxylation is 1. The summed E-state index contributed by atoms with van der Waals surface area (Å²) in [6.45, 7) is 6.15. The first-order chi connectivity index (χ1) is 13.4. The van der Waals surface area contributed by atoms with Gasteiger partial charge >= 0.3 is 0 Å². The van der Waals surface area contributed by atoms with Gasteiger partial charge in [0.15, 0.2) is 0 Å². The second kappa shape index (κ2) is 9.24.